The van der Waals surface area contributed by atoms with Gasteiger partial charge in [0.15, 0.2) is 5.13 Å². The number of hydrogen-bond acceptors (Lipinski definition) is 8. The van der Waals surface area contributed by atoms with E-state index in [1.807, 2.05) is 69.3 Å². The summed E-state index contributed by atoms with van der Waals surface area (Å²) in [5.74, 6) is 1.16. The monoisotopic (exact) mass is 561 g/mol. The zero-order valence-electron chi connectivity index (χ0n) is 23.8. The Balaban J connectivity index is 0.000000363. The van der Waals surface area contributed by atoms with Gasteiger partial charge >= 0.3 is 0 Å². The Hall–Kier alpha value is -2.69. The Bertz CT molecular complexity index is 1010. The summed E-state index contributed by atoms with van der Waals surface area (Å²) < 4.78 is 5.66. The smallest absolute Gasteiger partial charge is 0.219 e. The number of rotatable bonds is 10. The van der Waals surface area contributed by atoms with E-state index in [9.17, 15) is 9.59 Å². The number of anilines is 2. The second kappa shape index (κ2) is 19.4. The molecule has 2 aromatic rings. The lowest BCUT2D eigenvalue weighted by molar-refractivity contribution is -0.129. The van der Waals surface area contributed by atoms with Crippen molar-refractivity contribution >= 4 is 51.8 Å². The van der Waals surface area contributed by atoms with Crippen molar-refractivity contribution in [3.8, 4) is 0 Å². The van der Waals surface area contributed by atoms with Crippen LogP contribution in [0.3, 0.4) is 0 Å². The van der Waals surface area contributed by atoms with Crippen molar-refractivity contribution in [2.45, 2.75) is 41.5 Å². The van der Waals surface area contributed by atoms with E-state index in [1.165, 1.54) is 11.3 Å². The topological polar surface area (TPSA) is 87.7 Å². The Morgan fingerprint density at radius 2 is 1.89 bits per heavy atom. The molecule has 1 aliphatic rings. The number of carbonyl (C=O) groups is 2. The minimum absolute atomic E-state index is 0.168. The average Bonchev–Trinajstić information content (AvgIpc) is 3.40. The van der Waals surface area contributed by atoms with E-state index in [4.69, 9.17) is 4.74 Å². The van der Waals surface area contributed by atoms with E-state index < -0.39 is 0 Å². The number of pyridine rings is 1. The molecule has 2 aromatic heterocycles. The van der Waals surface area contributed by atoms with Gasteiger partial charge in [0.2, 0.25) is 12.3 Å². The van der Waals surface area contributed by atoms with Crippen LogP contribution >= 0.6 is 23.1 Å². The average molecular weight is 562 g/mol. The van der Waals surface area contributed by atoms with Crippen LogP contribution in [0.15, 0.2) is 41.4 Å². The highest BCUT2D eigenvalue weighted by Crippen LogP contribution is 2.27. The molecule has 8 nitrogen and oxygen atoms in total. The largest absolute Gasteiger partial charge is 0.376 e. The molecule has 1 saturated heterocycles. The van der Waals surface area contributed by atoms with Crippen molar-refractivity contribution in [2.75, 3.05) is 61.6 Å². The molecule has 0 bridgehead atoms. The predicted molar refractivity (Wildman–Crippen MR) is 163 cm³/mol. The van der Waals surface area contributed by atoms with Crippen LogP contribution in [0.2, 0.25) is 0 Å². The van der Waals surface area contributed by atoms with Gasteiger partial charge in [0.05, 0.1) is 30.8 Å². The van der Waals surface area contributed by atoms with Gasteiger partial charge in [0.25, 0.3) is 0 Å². The molecule has 38 heavy (non-hydrogen) atoms. The maximum absolute atomic E-state index is 11.2. The molecule has 0 atom stereocenters. The molecule has 0 spiro atoms. The molecule has 210 valence electrons. The number of aryl methyl sites for hydroxylation is 1. The van der Waals surface area contributed by atoms with Gasteiger partial charge in [-0.15, -0.1) is 11.3 Å². The molecule has 1 N–H and O–H groups in total. The second-order valence-corrected chi connectivity index (χ2v) is 9.86. The van der Waals surface area contributed by atoms with Crippen molar-refractivity contribution in [3.63, 3.8) is 0 Å². The lowest BCUT2D eigenvalue weighted by Gasteiger charge is -2.35. The van der Waals surface area contributed by atoms with Crippen LogP contribution < -0.4 is 10.2 Å². The van der Waals surface area contributed by atoms with Gasteiger partial charge in [-0.1, -0.05) is 26.0 Å². The lowest BCUT2D eigenvalue weighted by atomic mass is 10.0. The molecule has 2 amide bonds. The summed E-state index contributed by atoms with van der Waals surface area (Å²) in [5, 5.41) is 5.11. The number of piperazine rings is 1. The molecule has 0 unspecified atom stereocenters. The van der Waals surface area contributed by atoms with E-state index in [0.29, 0.717) is 18.1 Å². The van der Waals surface area contributed by atoms with E-state index >= 15 is 0 Å². The molecular formula is C28H43N5O3S2. The van der Waals surface area contributed by atoms with Crippen LogP contribution in [0.4, 0.5) is 10.8 Å². The van der Waals surface area contributed by atoms with Crippen molar-refractivity contribution in [1.29, 1.82) is 0 Å². The maximum atomic E-state index is 11.2. The highest BCUT2D eigenvalue weighted by Gasteiger charge is 2.18. The van der Waals surface area contributed by atoms with Crippen LogP contribution in [0.1, 0.15) is 46.0 Å². The van der Waals surface area contributed by atoms with Gasteiger partial charge in [-0.2, -0.15) is 11.8 Å². The van der Waals surface area contributed by atoms with Crippen LogP contribution in [-0.4, -0.2) is 78.6 Å². The number of thioether (sulfide) groups is 1. The fraction of sp³-hybridized carbons (Fsp3) is 0.500. The molecule has 3 rings (SSSR count). The summed E-state index contributed by atoms with van der Waals surface area (Å²) in [6.45, 7) is 16.3. The van der Waals surface area contributed by atoms with Crippen molar-refractivity contribution in [1.82, 2.24) is 14.9 Å². The Morgan fingerprint density at radius 3 is 2.42 bits per heavy atom. The van der Waals surface area contributed by atoms with E-state index in [2.05, 4.69) is 32.5 Å². The quantitative estimate of drug-likeness (QED) is 0.232. The minimum Gasteiger partial charge on any atom is -0.376 e. The van der Waals surface area contributed by atoms with E-state index in [-0.39, 0.29) is 5.91 Å². The summed E-state index contributed by atoms with van der Waals surface area (Å²) in [6.07, 6.45) is 8.67. The van der Waals surface area contributed by atoms with Gasteiger partial charge in [-0.05, 0) is 44.7 Å². The standard InChI is InChI=1S/C14H20N2O2S2.C12H17N3O.C2H6/c1-4-11(8-18-6-7-19-3)12(5-2)13-9-20-14(16-13)15-10-17;1-10-3-4-12(9-13-10)15-7-5-14(6-8-15)11(2)16;1-2/h4-5,9-10H,6-8H2,1-3H3,(H,15,16,17);3-4,9H,5-8H2,1-2H3;1-2H3/b11-4-,12-5+;;. The highest BCUT2D eigenvalue weighted by atomic mass is 32.2. The lowest BCUT2D eigenvalue weighted by Crippen LogP contribution is -2.48. The first-order valence-electron chi connectivity index (χ1n) is 12.9. The third-order valence-electron chi connectivity index (χ3n) is 5.62. The number of nitrogens with one attached hydrogen (secondary N) is 1. The molecule has 1 aliphatic heterocycles. The number of nitrogens with zero attached hydrogens (tertiary/aromatic N) is 4. The SMILES string of the molecule is C/C=C(COCCSC)\C(=C/C)c1csc(NC=O)n1.CC.CC(=O)N1CCN(c2ccc(C)nc2)CC1. The number of carbonyl (C=O) groups excluding carboxylic acids is 2. The summed E-state index contributed by atoms with van der Waals surface area (Å²) >= 11 is 3.18. The third-order valence-corrected chi connectivity index (χ3v) is 6.97. The highest BCUT2D eigenvalue weighted by molar-refractivity contribution is 7.98. The number of thiazole rings is 1. The van der Waals surface area contributed by atoms with Gasteiger partial charge in [-0.25, -0.2) is 4.98 Å². The molecule has 0 saturated carbocycles. The number of hydrogen-bond donors (Lipinski definition) is 1. The third kappa shape index (κ3) is 11.4. The Kier molecular flexibility index (Phi) is 17.0. The normalized spacial score (nSPS) is 13.7. The van der Waals surface area contributed by atoms with Crippen molar-refractivity contribution in [3.05, 3.63) is 52.8 Å². The first-order valence-corrected chi connectivity index (χ1v) is 15.2. The fourth-order valence-electron chi connectivity index (χ4n) is 3.58. The Labute approximate surface area is 236 Å². The number of ether oxygens (including phenoxy) is 1. The second-order valence-electron chi connectivity index (χ2n) is 8.01. The van der Waals surface area contributed by atoms with Gasteiger partial charge in [0.1, 0.15) is 0 Å². The van der Waals surface area contributed by atoms with Gasteiger partial charge < -0.3 is 19.9 Å². The zero-order chi connectivity index (χ0) is 28.3. The van der Waals surface area contributed by atoms with Gasteiger partial charge in [0, 0.05) is 55.5 Å². The van der Waals surface area contributed by atoms with Crippen LogP contribution in [0, 0.1) is 6.92 Å². The zero-order valence-corrected chi connectivity index (χ0v) is 25.5. The minimum atomic E-state index is 0.168. The summed E-state index contributed by atoms with van der Waals surface area (Å²) in [7, 11) is 0. The number of aromatic nitrogens is 2. The molecule has 3 heterocycles. The molecule has 0 aromatic carbocycles. The number of allylic oxidation sites excluding steroid dienone is 2. The van der Waals surface area contributed by atoms with Crippen LogP contribution in [0.5, 0.6) is 0 Å². The van der Waals surface area contributed by atoms with E-state index in [1.54, 1.807) is 18.7 Å². The molecule has 0 aliphatic carbocycles. The maximum Gasteiger partial charge on any atom is 0.219 e. The molecular weight excluding hydrogens is 518 g/mol. The first kappa shape index (κ1) is 33.3. The predicted octanol–water partition coefficient (Wildman–Crippen LogP) is 5.53. The molecule has 10 heteroatoms. The fourth-order valence-corrected chi connectivity index (χ4v) is 4.53. The molecule has 0 radical (unpaired) electrons. The summed E-state index contributed by atoms with van der Waals surface area (Å²) in [6, 6.07) is 4.11. The van der Waals surface area contributed by atoms with E-state index in [0.717, 1.165) is 66.8 Å². The van der Waals surface area contributed by atoms with Crippen LogP contribution in [-0.2, 0) is 14.3 Å². The number of amides is 2. The Morgan fingerprint density at radius 1 is 1.18 bits per heavy atom. The summed E-state index contributed by atoms with van der Waals surface area (Å²) in [4.78, 5) is 34.4. The molecule has 1 fully saturated rings. The van der Waals surface area contributed by atoms with Crippen LogP contribution in [0.25, 0.3) is 5.57 Å². The summed E-state index contributed by atoms with van der Waals surface area (Å²) in [5.41, 5.74) is 5.20. The van der Waals surface area contributed by atoms with Crippen molar-refractivity contribution in [2.24, 2.45) is 0 Å². The first-order chi connectivity index (χ1) is 18.4. The van der Waals surface area contributed by atoms with Gasteiger partial charge in [-0.3, -0.25) is 14.6 Å². The van der Waals surface area contributed by atoms with Crippen molar-refractivity contribution < 1.29 is 14.3 Å².